The molecule has 4 N–H and O–H groups in total. The highest BCUT2D eigenvalue weighted by Crippen LogP contribution is 2.02. The van der Waals surface area contributed by atoms with Gasteiger partial charge in [-0.15, -0.1) is 0 Å². The summed E-state index contributed by atoms with van der Waals surface area (Å²) in [4.78, 5) is 21.2. The third-order valence-corrected chi connectivity index (χ3v) is 2.02. The summed E-state index contributed by atoms with van der Waals surface area (Å²) in [5, 5.41) is 17.9. The molecule has 0 spiro atoms. The van der Waals surface area contributed by atoms with E-state index < -0.39 is 7.12 Å². The van der Waals surface area contributed by atoms with Gasteiger partial charge in [0.25, 0.3) is 0 Å². The van der Waals surface area contributed by atoms with E-state index in [4.69, 9.17) is 10.0 Å². The van der Waals surface area contributed by atoms with Crippen LogP contribution in [0.15, 0.2) is 24.3 Å². The first-order valence-corrected chi connectivity index (χ1v) is 5.08. The largest absolute Gasteiger partial charge is 0.488 e. The highest BCUT2D eigenvalue weighted by atomic mass is 16.4. The van der Waals surface area contributed by atoms with Crippen LogP contribution in [-0.4, -0.2) is 29.4 Å². The Balaban J connectivity index is 2.48. The Hall–Kier alpha value is -1.86. The summed E-state index contributed by atoms with van der Waals surface area (Å²) in [6.45, 7) is 0. The van der Waals surface area contributed by atoms with Crippen molar-refractivity contribution in [3.63, 3.8) is 0 Å². The lowest BCUT2D eigenvalue weighted by atomic mass is 9.80. The third kappa shape index (κ3) is 4.67. The molecule has 0 aliphatic carbocycles. The molecule has 0 aliphatic rings. The number of hydrogen-bond donors (Lipinski definition) is 4. The molecule has 0 saturated heterocycles. The molecule has 0 fully saturated rings. The third-order valence-electron chi connectivity index (χ3n) is 2.02. The number of anilines is 1. The molecule has 0 saturated carbocycles. The Labute approximate surface area is 98.8 Å². The monoisotopic (exact) mass is 236 g/mol. The summed E-state index contributed by atoms with van der Waals surface area (Å²) in [6.07, 6.45) is 0.948. The minimum Gasteiger partial charge on any atom is -0.423 e. The van der Waals surface area contributed by atoms with Gasteiger partial charge in [-0.3, -0.25) is 15.6 Å². The van der Waals surface area contributed by atoms with E-state index in [1.54, 1.807) is 18.2 Å². The maximum absolute atomic E-state index is 11.2. The van der Waals surface area contributed by atoms with Crippen LogP contribution in [0.3, 0.4) is 0 Å². The smallest absolute Gasteiger partial charge is 0.423 e. The van der Waals surface area contributed by atoms with E-state index in [-0.39, 0.29) is 18.7 Å². The van der Waals surface area contributed by atoms with Gasteiger partial charge in [0.05, 0.1) is 5.69 Å². The Bertz CT molecular complexity index is 398. The summed E-state index contributed by atoms with van der Waals surface area (Å²) < 4.78 is 0. The van der Waals surface area contributed by atoms with Gasteiger partial charge >= 0.3 is 7.12 Å². The van der Waals surface area contributed by atoms with E-state index in [9.17, 15) is 9.59 Å². The van der Waals surface area contributed by atoms with Crippen molar-refractivity contribution in [2.45, 2.75) is 12.8 Å². The van der Waals surface area contributed by atoms with Gasteiger partial charge in [0, 0.05) is 12.8 Å². The zero-order chi connectivity index (χ0) is 12.7. The lowest BCUT2D eigenvalue weighted by molar-refractivity contribution is -0.122. The lowest BCUT2D eigenvalue weighted by Crippen LogP contribution is -2.32. The number of amides is 1. The Morgan fingerprint density at radius 3 is 2.82 bits per heavy atom. The van der Waals surface area contributed by atoms with Crippen LogP contribution in [0.4, 0.5) is 5.69 Å². The molecule has 0 aromatic heterocycles. The number of nitrogens with one attached hydrogen (secondary N) is 2. The van der Waals surface area contributed by atoms with E-state index in [0.717, 1.165) is 0 Å². The van der Waals surface area contributed by atoms with Gasteiger partial charge < -0.3 is 14.8 Å². The van der Waals surface area contributed by atoms with Crippen molar-refractivity contribution in [2.75, 3.05) is 5.43 Å². The molecule has 0 radical (unpaired) electrons. The number of hydrogen-bond acceptors (Lipinski definition) is 5. The van der Waals surface area contributed by atoms with Crippen LogP contribution in [0, 0.1) is 0 Å². The van der Waals surface area contributed by atoms with Gasteiger partial charge in [-0.05, 0) is 17.6 Å². The van der Waals surface area contributed by atoms with Gasteiger partial charge in [-0.2, -0.15) is 0 Å². The predicted molar refractivity (Wildman–Crippen MR) is 63.3 cm³/mol. The van der Waals surface area contributed by atoms with Gasteiger partial charge in [-0.1, -0.05) is 12.1 Å². The van der Waals surface area contributed by atoms with E-state index in [2.05, 4.69) is 10.9 Å². The topological polar surface area (TPSA) is 98.7 Å². The number of rotatable bonds is 6. The highest BCUT2D eigenvalue weighted by Gasteiger charge is 2.10. The quantitative estimate of drug-likeness (QED) is 0.282. The molecule has 7 heteroatoms. The summed E-state index contributed by atoms with van der Waals surface area (Å²) in [5.74, 6) is -0.313. The lowest BCUT2D eigenvalue weighted by Gasteiger charge is -2.09. The van der Waals surface area contributed by atoms with Crippen molar-refractivity contribution in [3.05, 3.63) is 24.3 Å². The Morgan fingerprint density at radius 2 is 2.18 bits per heavy atom. The van der Waals surface area contributed by atoms with Crippen LogP contribution >= 0.6 is 0 Å². The number of carbonyl (C=O) groups is 2. The van der Waals surface area contributed by atoms with Crippen LogP contribution in [-0.2, 0) is 9.59 Å². The first kappa shape index (κ1) is 13.2. The fourth-order valence-corrected chi connectivity index (χ4v) is 1.17. The normalized spacial score (nSPS) is 9.53. The summed E-state index contributed by atoms with van der Waals surface area (Å²) in [6, 6.07) is 6.31. The molecule has 6 nitrogen and oxygen atoms in total. The van der Waals surface area contributed by atoms with Gasteiger partial charge in [0.15, 0.2) is 0 Å². The van der Waals surface area contributed by atoms with Gasteiger partial charge in [0.2, 0.25) is 5.91 Å². The van der Waals surface area contributed by atoms with Crippen LogP contribution in [0.5, 0.6) is 0 Å². The molecule has 0 bridgehead atoms. The second kappa shape index (κ2) is 6.67. The van der Waals surface area contributed by atoms with E-state index in [1.807, 2.05) is 0 Å². The molecule has 1 amide bonds. The first-order valence-electron chi connectivity index (χ1n) is 5.08. The zero-order valence-electron chi connectivity index (χ0n) is 9.09. The molecule has 1 aromatic rings. The molecule has 17 heavy (non-hydrogen) atoms. The SMILES string of the molecule is O=CCCC(=O)NNc1cccc(B(O)O)c1. The second-order valence-corrected chi connectivity index (χ2v) is 3.38. The van der Waals surface area contributed by atoms with Crippen LogP contribution < -0.4 is 16.3 Å². The first-order chi connectivity index (χ1) is 8.13. The molecular weight excluding hydrogens is 223 g/mol. The van der Waals surface area contributed by atoms with Gasteiger partial charge in [-0.25, -0.2) is 0 Å². The average Bonchev–Trinajstić information content (AvgIpc) is 2.34. The molecule has 0 aliphatic heterocycles. The molecule has 0 atom stereocenters. The van der Waals surface area contributed by atoms with Crippen molar-refractivity contribution in [1.82, 2.24) is 5.43 Å². The van der Waals surface area contributed by atoms with E-state index in [0.29, 0.717) is 17.4 Å². The zero-order valence-corrected chi connectivity index (χ0v) is 9.09. The number of aldehydes is 1. The molecular formula is C10H13BN2O4. The van der Waals surface area contributed by atoms with Crippen LogP contribution in [0.25, 0.3) is 0 Å². The number of benzene rings is 1. The Morgan fingerprint density at radius 1 is 1.41 bits per heavy atom. The van der Waals surface area contributed by atoms with Crippen molar-refractivity contribution in [2.24, 2.45) is 0 Å². The molecule has 1 rings (SSSR count). The molecule has 0 unspecified atom stereocenters. The summed E-state index contributed by atoms with van der Waals surface area (Å²) in [5.41, 5.74) is 5.84. The van der Waals surface area contributed by atoms with Gasteiger partial charge in [0.1, 0.15) is 6.29 Å². The maximum atomic E-state index is 11.2. The second-order valence-electron chi connectivity index (χ2n) is 3.38. The fraction of sp³-hybridized carbons (Fsp3) is 0.200. The standard InChI is InChI=1S/C10H13BN2O4/c14-6-2-5-10(15)13-12-9-4-1-3-8(7-9)11(16)17/h1,3-4,6-7,12,16-17H,2,5H2,(H,13,15). The molecule has 90 valence electrons. The van der Waals surface area contributed by atoms with E-state index >= 15 is 0 Å². The minimum absolute atomic E-state index is 0.110. The number of hydrazine groups is 1. The van der Waals surface area contributed by atoms with Crippen LogP contribution in [0.1, 0.15) is 12.8 Å². The van der Waals surface area contributed by atoms with Crippen molar-refractivity contribution >= 4 is 30.5 Å². The average molecular weight is 236 g/mol. The Kier molecular flexibility index (Phi) is 5.18. The minimum atomic E-state index is -1.55. The summed E-state index contributed by atoms with van der Waals surface area (Å²) in [7, 11) is -1.55. The predicted octanol–water partition coefficient (Wildman–Crippen LogP) is -1.21. The van der Waals surface area contributed by atoms with Crippen molar-refractivity contribution < 1.29 is 19.6 Å². The molecule has 0 heterocycles. The summed E-state index contributed by atoms with van der Waals surface area (Å²) >= 11 is 0. The van der Waals surface area contributed by atoms with E-state index in [1.165, 1.54) is 6.07 Å². The van der Waals surface area contributed by atoms with Crippen molar-refractivity contribution in [3.8, 4) is 0 Å². The molecule has 1 aromatic carbocycles. The van der Waals surface area contributed by atoms with Crippen LogP contribution in [0.2, 0.25) is 0 Å². The fourth-order valence-electron chi connectivity index (χ4n) is 1.17. The highest BCUT2D eigenvalue weighted by molar-refractivity contribution is 6.58. The maximum Gasteiger partial charge on any atom is 0.488 e. The van der Waals surface area contributed by atoms with Crippen molar-refractivity contribution in [1.29, 1.82) is 0 Å². The number of carbonyl (C=O) groups excluding carboxylic acids is 2.